The minimum Gasteiger partial charge on any atom is -0.459 e. The Kier molecular flexibility index (Phi) is 8.14. The van der Waals surface area contributed by atoms with E-state index in [2.05, 4.69) is 20.1 Å². The Balaban J connectivity index is 2.32. The van der Waals surface area contributed by atoms with Crippen LogP contribution in [0.3, 0.4) is 0 Å². The van der Waals surface area contributed by atoms with Crippen LogP contribution < -0.4 is 0 Å². The molecule has 3 nitrogen and oxygen atoms in total. The topological polar surface area (TPSA) is 35.5 Å². The number of ether oxygens (including phenoxy) is 2. The highest BCUT2D eigenvalue weighted by molar-refractivity contribution is 5.81. The standard InChI is InChI=1S/C18H24O3/c1-4-9-17(21-18(19)5-2)12-15(3)13-20-14-16-10-7-6-8-11-16/h4-8,10-11,15,17H,1-2,9,12-14H2,3H3/t15-,17+/m1/s1. The van der Waals surface area contributed by atoms with E-state index in [1.807, 2.05) is 30.3 Å². The quantitative estimate of drug-likeness (QED) is 0.372. The first kappa shape index (κ1) is 17.2. The lowest BCUT2D eigenvalue weighted by Gasteiger charge is -2.20. The van der Waals surface area contributed by atoms with Crippen molar-refractivity contribution in [3.63, 3.8) is 0 Å². The third-order valence-electron chi connectivity index (χ3n) is 3.06. The molecule has 2 atom stereocenters. The molecule has 0 N–H and O–H groups in total. The molecule has 0 aliphatic heterocycles. The molecule has 0 aliphatic rings. The molecule has 0 spiro atoms. The van der Waals surface area contributed by atoms with Crippen molar-refractivity contribution in [2.45, 2.75) is 32.5 Å². The summed E-state index contributed by atoms with van der Waals surface area (Å²) in [6.07, 6.45) is 4.18. The van der Waals surface area contributed by atoms with Crippen LogP contribution in [-0.2, 0) is 20.9 Å². The number of esters is 1. The van der Waals surface area contributed by atoms with Crippen molar-refractivity contribution in [3.8, 4) is 0 Å². The van der Waals surface area contributed by atoms with Crippen LogP contribution in [0.15, 0.2) is 55.6 Å². The van der Waals surface area contributed by atoms with Crippen LogP contribution in [0.1, 0.15) is 25.3 Å². The van der Waals surface area contributed by atoms with Gasteiger partial charge in [0.05, 0.1) is 6.61 Å². The van der Waals surface area contributed by atoms with E-state index >= 15 is 0 Å². The number of carbonyl (C=O) groups is 1. The van der Waals surface area contributed by atoms with Crippen molar-refractivity contribution < 1.29 is 14.3 Å². The third kappa shape index (κ3) is 7.47. The van der Waals surface area contributed by atoms with E-state index in [9.17, 15) is 4.79 Å². The minimum atomic E-state index is -0.390. The van der Waals surface area contributed by atoms with Crippen LogP contribution in [0.2, 0.25) is 0 Å². The van der Waals surface area contributed by atoms with Crippen molar-refractivity contribution in [2.24, 2.45) is 5.92 Å². The summed E-state index contributed by atoms with van der Waals surface area (Å²) in [5.74, 6) is -0.0875. The normalized spacial score (nSPS) is 13.2. The molecule has 3 heteroatoms. The summed E-state index contributed by atoms with van der Waals surface area (Å²) in [5, 5.41) is 0. The molecular weight excluding hydrogens is 264 g/mol. The molecule has 0 heterocycles. The predicted octanol–water partition coefficient (Wildman–Crippen LogP) is 3.90. The Morgan fingerprint density at radius 2 is 2.00 bits per heavy atom. The molecular formula is C18H24O3. The Labute approximate surface area is 127 Å². The zero-order valence-electron chi connectivity index (χ0n) is 12.7. The van der Waals surface area contributed by atoms with Crippen molar-refractivity contribution >= 4 is 5.97 Å². The van der Waals surface area contributed by atoms with Crippen LogP contribution in [0.25, 0.3) is 0 Å². The van der Waals surface area contributed by atoms with E-state index in [1.54, 1.807) is 6.08 Å². The molecule has 0 bridgehead atoms. The Morgan fingerprint density at radius 3 is 2.62 bits per heavy atom. The fraction of sp³-hybridized carbons (Fsp3) is 0.389. The molecule has 0 aromatic heterocycles. The van der Waals surface area contributed by atoms with E-state index < -0.39 is 0 Å². The first-order valence-electron chi connectivity index (χ1n) is 7.21. The second-order valence-electron chi connectivity index (χ2n) is 5.13. The van der Waals surface area contributed by atoms with Gasteiger partial charge in [0.15, 0.2) is 0 Å². The maximum atomic E-state index is 11.3. The molecule has 21 heavy (non-hydrogen) atoms. The second kappa shape index (κ2) is 9.94. The highest BCUT2D eigenvalue weighted by Gasteiger charge is 2.15. The molecule has 0 fully saturated rings. The molecule has 1 aromatic carbocycles. The minimum absolute atomic E-state index is 0.164. The maximum Gasteiger partial charge on any atom is 0.330 e. The zero-order valence-corrected chi connectivity index (χ0v) is 12.7. The van der Waals surface area contributed by atoms with Gasteiger partial charge in [-0.05, 0) is 17.9 Å². The summed E-state index contributed by atoms with van der Waals surface area (Å²) in [6.45, 7) is 10.4. The predicted molar refractivity (Wildman–Crippen MR) is 84.8 cm³/mol. The fourth-order valence-corrected chi connectivity index (χ4v) is 2.06. The average Bonchev–Trinajstić information content (AvgIpc) is 2.48. The summed E-state index contributed by atoms with van der Waals surface area (Å²) >= 11 is 0. The first-order chi connectivity index (χ1) is 10.2. The number of carbonyl (C=O) groups excluding carboxylic acids is 1. The molecule has 1 aromatic rings. The lowest BCUT2D eigenvalue weighted by atomic mass is 10.0. The van der Waals surface area contributed by atoms with Crippen LogP contribution in [0, 0.1) is 5.92 Å². The van der Waals surface area contributed by atoms with Gasteiger partial charge >= 0.3 is 5.97 Å². The SMILES string of the molecule is C=CC[C@@H](C[C@@H](C)COCc1ccccc1)OC(=O)C=C. The van der Waals surface area contributed by atoms with Crippen molar-refractivity contribution in [3.05, 3.63) is 61.2 Å². The van der Waals surface area contributed by atoms with Gasteiger partial charge in [-0.25, -0.2) is 4.79 Å². The van der Waals surface area contributed by atoms with E-state index in [4.69, 9.17) is 9.47 Å². The summed E-state index contributed by atoms with van der Waals surface area (Å²) in [6, 6.07) is 10.1. The molecule has 0 radical (unpaired) electrons. The highest BCUT2D eigenvalue weighted by Crippen LogP contribution is 2.14. The summed E-state index contributed by atoms with van der Waals surface area (Å²) < 4.78 is 11.0. The number of hydrogen-bond acceptors (Lipinski definition) is 3. The lowest BCUT2D eigenvalue weighted by molar-refractivity contribution is -0.143. The summed E-state index contributed by atoms with van der Waals surface area (Å²) in [7, 11) is 0. The van der Waals surface area contributed by atoms with E-state index in [0.717, 1.165) is 12.0 Å². The lowest BCUT2D eigenvalue weighted by Crippen LogP contribution is -2.21. The molecule has 0 saturated carbocycles. The Morgan fingerprint density at radius 1 is 1.29 bits per heavy atom. The zero-order chi connectivity index (χ0) is 15.5. The number of hydrogen-bond donors (Lipinski definition) is 0. The fourth-order valence-electron chi connectivity index (χ4n) is 2.06. The van der Waals surface area contributed by atoms with Crippen molar-refractivity contribution in [2.75, 3.05) is 6.61 Å². The van der Waals surface area contributed by atoms with Gasteiger partial charge in [0, 0.05) is 19.1 Å². The van der Waals surface area contributed by atoms with E-state index in [1.165, 1.54) is 6.08 Å². The molecule has 114 valence electrons. The van der Waals surface area contributed by atoms with Gasteiger partial charge in [0.2, 0.25) is 0 Å². The van der Waals surface area contributed by atoms with Gasteiger partial charge in [-0.2, -0.15) is 0 Å². The smallest absolute Gasteiger partial charge is 0.330 e. The number of rotatable bonds is 10. The van der Waals surface area contributed by atoms with Gasteiger partial charge in [-0.15, -0.1) is 6.58 Å². The Hall–Kier alpha value is -1.87. The van der Waals surface area contributed by atoms with Gasteiger partial charge in [-0.1, -0.05) is 49.9 Å². The van der Waals surface area contributed by atoms with Gasteiger partial charge in [0.25, 0.3) is 0 Å². The second-order valence-corrected chi connectivity index (χ2v) is 5.13. The summed E-state index contributed by atoms with van der Waals surface area (Å²) in [5.41, 5.74) is 1.16. The van der Waals surface area contributed by atoms with E-state index in [-0.39, 0.29) is 12.1 Å². The van der Waals surface area contributed by atoms with Crippen LogP contribution in [0.4, 0.5) is 0 Å². The highest BCUT2D eigenvalue weighted by atomic mass is 16.5. The van der Waals surface area contributed by atoms with Crippen LogP contribution >= 0.6 is 0 Å². The maximum absolute atomic E-state index is 11.3. The molecule has 0 aliphatic carbocycles. The number of benzene rings is 1. The van der Waals surface area contributed by atoms with Crippen LogP contribution in [0.5, 0.6) is 0 Å². The molecule has 0 amide bonds. The molecule has 0 saturated heterocycles. The van der Waals surface area contributed by atoms with Crippen LogP contribution in [-0.4, -0.2) is 18.7 Å². The van der Waals surface area contributed by atoms with E-state index in [0.29, 0.717) is 25.6 Å². The van der Waals surface area contributed by atoms with Gasteiger partial charge in [0.1, 0.15) is 6.10 Å². The first-order valence-corrected chi connectivity index (χ1v) is 7.21. The van der Waals surface area contributed by atoms with Gasteiger partial charge < -0.3 is 9.47 Å². The Bertz CT molecular complexity index is 439. The van der Waals surface area contributed by atoms with Crippen molar-refractivity contribution in [1.82, 2.24) is 0 Å². The monoisotopic (exact) mass is 288 g/mol. The third-order valence-corrected chi connectivity index (χ3v) is 3.06. The van der Waals surface area contributed by atoms with Gasteiger partial charge in [-0.3, -0.25) is 0 Å². The summed E-state index contributed by atoms with van der Waals surface area (Å²) in [4.78, 5) is 11.3. The largest absolute Gasteiger partial charge is 0.459 e. The molecule has 0 unspecified atom stereocenters. The molecule has 1 rings (SSSR count). The average molecular weight is 288 g/mol. The van der Waals surface area contributed by atoms with Crippen molar-refractivity contribution in [1.29, 1.82) is 0 Å².